The second-order valence-electron chi connectivity index (χ2n) is 4.36. The maximum atomic E-state index is 12.2. The summed E-state index contributed by atoms with van der Waals surface area (Å²) in [5.74, 6) is -0.131. The van der Waals surface area contributed by atoms with E-state index in [1.807, 2.05) is 30.3 Å². The zero-order chi connectivity index (χ0) is 13.8. The van der Waals surface area contributed by atoms with Crippen LogP contribution in [-0.2, 0) is 0 Å². The summed E-state index contributed by atoms with van der Waals surface area (Å²) >= 11 is 0. The number of aromatic nitrogens is 2. The number of carbonyl (C=O) groups excluding carboxylic acids is 1. The normalized spacial score (nSPS) is 10.5. The summed E-state index contributed by atoms with van der Waals surface area (Å²) in [6.07, 6.45) is 1.72. The number of benzene rings is 1. The number of hydrogen-bond donors (Lipinski definition) is 1. The van der Waals surface area contributed by atoms with Gasteiger partial charge in [0.05, 0.1) is 23.6 Å². The van der Waals surface area contributed by atoms with Gasteiger partial charge in [0.1, 0.15) is 0 Å². The third-order valence-electron chi connectivity index (χ3n) is 2.93. The van der Waals surface area contributed by atoms with Crippen molar-refractivity contribution in [1.29, 1.82) is 0 Å². The van der Waals surface area contributed by atoms with Crippen LogP contribution in [-0.4, -0.2) is 45.9 Å². The van der Waals surface area contributed by atoms with E-state index in [1.54, 1.807) is 24.9 Å². The summed E-state index contributed by atoms with van der Waals surface area (Å²) in [6.45, 7) is 2.07. The number of aliphatic hydroxyl groups excluding tert-OH is 1. The Morgan fingerprint density at radius 2 is 2.05 bits per heavy atom. The number of aliphatic hydroxyl groups is 1. The average molecular weight is 259 g/mol. The predicted octanol–water partition coefficient (Wildman–Crippen LogP) is 1.25. The summed E-state index contributed by atoms with van der Waals surface area (Å²) in [7, 11) is 1.66. The SMILES string of the molecule is Cc1nn(-c2ccccc2)cc1C(=O)N(C)CCO. The number of rotatable bonds is 4. The van der Waals surface area contributed by atoms with Gasteiger partial charge >= 0.3 is 0 Å². The molecule has 0 aliphatic rings. The van der Waals surface area contributed by atoms with Gasteiger partial charge in [0.25, 0.3) is 5.91 Å². The van der Waals surface area contributed by atoms with Crippen molar-refractivity contribution in [2.45, 2.75) is 6.92 Å². The number of para-hydroxylation sites is 1. The molecule has 1 N–H and O–H groups in total. The van der Waals surface area contributed by atoms with Crippen LogP contribution in [0.3, 0.4) is 0 Å². The maximum absolute atomic E-state index is 12.2. The van der Waals surface area contributed by atoms with E-state index < -0.39 is 0 Å². The molecule has 0 aliphatic carbocycles. The molecule has 0 aliphatic heterocycles. The van der Waals surface area contributed by atoms with Gasteiger partial charge in [-0.25, -0.2) is 4.68 Å². The van der Waals surface area contributed by atoms with Gasteiger partial charge in [-0.1, -0.05) is 18.2 Å². The van der Waals surface area contributed by atoms with Gasteiger partial charge in [0.2, 0.25) is 0 Å². The van der Waals surface area contributed by atoms with Gasteiger partial charge in [-0.05, 0) is 19.1 Å². The standard InChI is InChI=1S/C14H17N3O2/c1-11-13(14(19)16(2)8-9-18)10-17(15-11)12-6-4-3-5-7-12/h3-7,10,18H,8-9H2,1-2H3. The Kier molecular flexibility index (Phi) is 3.97. The molecular formula is C14H17N3O2. The van der Waals surface area contributed by atoms with E-state index in [4.69, 9.17) is 5.11 Å². The highest BCUT2D eigenvalue weighted by atomic mass is 16.3. The first-order valence-electron chi connectivity index (χ1n) is 6.11. The van der Waals surface area contributed by atoms with Gasteiger partial charge in [0.15, 0.2) is 0 Å². The number of likely N-dealkylation sites (N-methyl/N-ethyl adjacent to an activating group) is 1. The first-order chi connectivity index (χ1) is 9.13. The van der Waals surface area contributed by atoms with Crippen LogP contribution in [0.25, 0.3) is 5.69 Å². The molecule has 5 nitrogen and oxygen atoms in total. The Morgan fingerprint density at radius 3 is 2.68 bits per heavy atom. The van der Waals surface area contributed by atoms with Gasteiger partial charge < -0.3 is 10.0 Å². The van der Waals surface area contributed by atoms with Gasteiger partial charge in [-0.3, -0.25) is 4.79 Å². The van der Waals surface area contributed by atoms with Crippen molar-refractivity contribution in [3.8, 4) is 5.69 Å². The molecule has 1 heterocycles. The fourth-order valence-electron chi connectivity index (χ4n) is 1.84. The zero-order valence-electron chi connectivity index (χ0n) is 11.1. The van der Waals surface area contributed by atoms with E-state index in [9.17, 15) is 4.79 Å². The van der Waals surface area contributed by atoms with E-state index in [-0.39, 0.29) is 12.5 Å². The monoisotopic (exact) mass is 259 g/mol. The molecular weight excluding hydrogens is 242 g/mol. The van der Waals surface area contributed by atoms with Crippen molar-refractivity contribution in [2.24, 2.45) is 0 Å². The van der Waals surface area contributed by atoms with Crippen molar-refractivity contribution in [3.63, 3.8) is 0 Å². The topological polar surface area (TPSA) is 58.4 Å². The van der Waals surface area contributed by atoms with Crippen molar-refractivity contribution < 1.29 is 9.90 Å². The smallest absolute Gasteiger partial charge is 0.257 e. The summed E-state index contributed by atoms with van der Waals surface area (Å²) in [6, 6.07) is 9.63. The van der Waals surface area contributed by atoms with Crippen LogP contribution in [0.4, 0.5) is 0 Å². The van der Waals surface area contributed by atoms with Crippen LogP contribution in [0.5, 0.6) is 0 Å². The molecule has 0 radical (unpaired) electrons. The third-order valence-corrected chi connectivity index (χ3v) is 2.93. The van der Waals surface area contributed by atoms with Crippen LogP contribution in [0.2, 0.25) is 0 Å². The van der Waals surface area contributed by atoms with Crippen LogP contribution >= 0.6 is 0 Å². The molecule has 0 fully saturated rings. The minimum absolute atomic E-state index is 0.0475. The van der Waals surface area contributed by atoms with E-state index >= 15 is 0 Å². The lowest BCUT2D eigenvalue weighted by atomic mass is 10.2. The van der Waals surface area contributed by atoms with E-state index in [0.29, 0.717) is 17.8 Å². The Hall–Kier alpha value is -2.14. The number of carbonyl (C=O) groups is 1. The predicted molar refractivity (Wildman–Crippen MR) is 72.3 cm³/mol. The first-order valence-corrected chi connectivity index (χ1v) is 6.11. The minimum Gasteiger partial charge on any atom is -0.395 e. The summed E-state index contributed by atoms with van der Waals surface area (Å²) in [5.41, 5.74) is 2.15. The molecule has 19 heavy (non-hydrogen) atoms. The minimum atomic E-state index is -0.131. The van der Waals surface area contributed by atoms with Gasteiger partial charge in [-0.2, -0.15) is 5.10 Å². The summed E-state index contributed by atoms with van der Waals surface area (Å²) < 4.78 is 1.69. The average Bonchev–Trinajstić information content (AvgIpc) is 2.81. The fourth-order valence-corrected chi connectivity index (χ4v) is 1.84. The number of aryl methyl sites for hydroxylation is 1. The van der Waals surface area contributed by atoms with Crippen molar-refractivity contribution >= 4 is 5.91 Å². The van der Waals surface area contributed by atoms with Crippen LogP contribution in [0.15, 0.2) is 36.5 Å². The van der Waals surface area contributed by atoms with Gasteiger partial charge in [-0.15, -0.1) is 0 Å². The lowest BCUT2D eigenvalue weighted by Crippen LogP contribution is -2.29. The Balaban J connectivity index is 2.29. The molecule has 2 aromatic rings. The molecule has 0 saturated heterocycles. The fraction of sp³-hybridized carbons (Fsp3) is 0.286. The summed E-state index contributed by atoms with van der Waals surface area (Å²) in [4.78, 5) is 13.6. The Labute approximate surface area is 112 Å². The van der Waals surface area contributed by atoms with Crippen molar-refractivity contribution in [3.05, 3.63) is 47.8 Å². The molecule has 1 aromatic carbocycles. The van der Waals surface area contributed by atoms with E-state index in [1.165, 1.54) is 4.90 Å². The Morgan fingerprint density at radius 1 is 1.37 bits per heavy atom. The zero-order valence-corrected chi connectivity index (χ0v) is 11.1. The molecule has 100 valence electrons. The van der Waals surface area contributed by atoms with E-state index in [2.05, 4.69) is 5.10 Å². The quantitative estimate of drug-likeness (QED) is 0.899. The highest BCUT2D eigenvalue weighted by Crippen LogP contribution is 2.13. The maximum Gasteiger partial charge on any atom is 0.257 e. The molecule has 0 atom stereocenters. The Bertz CT molecular complexity index is 563. The number of nitrogens with zero attached hydrogens (tertiary/aromatic N) is 3. The molecule has 1 aromatic heterocycles. The van der Waals surface area contributed by atoms with Crippen molar-refractivity contribution in [2.75, 3.05) is 20.2 Å². The molecule has 0 unspecified atom stereocenters. The molecule has 2 rings (SSSR count). The highest BCUT2D eigenvalue weighted by molar-refractivity contribution is 5.95. The van der Waals surface area contributed by atoms with Crippen molar-refractivity contribution in [1.82, 2.24) is 14.7 Å². The third kappa shape index (κ3) is 2.82. The number of amides is 1. The van der Waals surface area contributed by atoms with E-state index in [0.717, 1.165) is 5.69 Å². The van der Waals surface area contributed by atoms with Crippen LogP contribution in [0, 0.1) is 6.92 Å². The molecule has 1 amide bonds. The van der Waals surface area contributed by atoms with Crippen LogP contribution in [0.1, 0.15) is 16.1 Å². The second-order valence-corrected chi connectivity index (χ2v) is 4.36. The second kappa shape index (κ2) is 5.67. The molecule has 0 bridgehead atoms. The summed E-state index contributed by atoms with van der Waals surface area (Å²) in [5, 5.41) is 13.2. The molecule has 5 heteroatoms. The highest BCUT2D eigenvalue weighted by Gasteiger charge is 2.17. The lowest BCUT2D eigenvalue weighted by molar-refractivity contribution is 0.0766. The largest absolute Gasteiger partial charge is 0.395 e. The molecule has 0 spiro atoms. The number of hydrogen-bond acceptors (Lipinski definition) is 3. The molecule has 0 saturated carbocycles. The van der Waals surface area contributed by atoms with Crippen LogP contribution < -0.4 is 0 Å². The lowest BCUT2D eigenvalue weighted by Gasteiger charge is -2.14. The first kappa shape index (κ1) is 13.3. The van der Waals surface area contributed by atoms with Gasteiger partial charge in [0, 0.05) is 19.8 Å².